The number of hydrogen-bond donors (Lipinski definition) is 1. The van der Waals surface area contributed by atoms with Gasteiger partial charge in [0.15, 0.2) is 0 Å². The van der Waals surface area contributed by atoms with Crippen molar-refractivity contribution in [2.45, 2.75) is 18.8 Å². The number of carbonyl (C=O) groups excluding carboxylic acids is 1. The zero-order valence-electron chi connectivity index (χ0n) is 15.8. The monoisotopic (exact) mass is 434 g/mol. The van der Waals surface area contributed by atoms with Gasteiger partial charge in [0.2, 0.25) is 0 Å². The number of benzene rings is 2. The van der Waals surface area contributed by atoms with Gasteiger partial charge < -0.3 is 19.1 Å². The average molecular weight is 434 g/mol. The minimum absolute atomic E-state index is 0.0308. The van der Waals surface area contributed by atoms with Gasteiger partial charge in [0.1, 0.15) is 17.1 Å². The second-order valence-corrected chi connectivity index (χ2v) is 7.93. The second-order valence-electron chi connectivity index (χ2n) is 7.13. The number of rotatable bonds is 6. The molecule has 1 saturated carbocycles. The molecule has 0 amide bonds. The number of anilines is 2. The van der Waals surface area contributed by atoms with Gasteiger partial charge in [-0.05, 0) is 47.7 Å². The minimum atomic E-state index is -2.98. The Morgan fingerprint density at radius 2 is 2.07 bits per heavy atom. The molecule has 0 spiro atoms. The molecule has 1 fully saturated rings. The number of ether oxygens (including phenoxy) is 2. The normalized spacial score (nSPS) is 19.7. The number of carboxylic acid groups (broad SMARTS) is 1. The quantitative estimate of drug-likeness (QED) is 0.549. The molecule has 2 aromatic rings. The molecule has 2 aliphatic rings. The molecule has 10 heteroatoms. The highest BCUT2D eigenvalue weighted by Crippen LogP contribution is 2.56. The van der Waals surface area contributed by atoms with Gasteiger partial charge >= 0.3 is 11.9 Å². The fraction of sp³-hybridized carbons (Fsp3) is 0.300. The van der Waals surface area contributed by atoms with Crippen LogP contribution in [0, 0.1) is 11.7 Å². The third-order valence-corrected chi connectivity index (χ3v) is 6.03. The maximum absolute atomic E-state index is 13.8. The van der Waals surface area contributed by atoms with Crippen LogP contribution in [0.1, 0.15) is 33.8 Å². The topological polar surface area (TPSA) is 116 Å². The van der Waals surface area contributed by atoms with Crippen molar-refractivity contribution in [1.29, 1.82) is 0 Å². The van der Waals surface area contributed by atoms with Gasteiger partial charge in [-0.2, -0.15) is 0 Å². The van der Waals surface area contributed by atoms with E-state index in [9.17, 15) is 27.8 Å². The molecule has 1 aliphatic carbocycles. The van der Waals surface area contributed by atoms with E-state index in [1.165, 1.54) is 12.1 Å². The van der Waals surface area contributed by atoms with Gasteiger partial charge in [-0.1, -0.05) is 6.07 Å². The Kier molecular flexibility index (Phi) is 5.20. The Morgan fingerprint density at radius 1 is 1.33 bits per heavy atom. The number of carbonyl (C=O) groups is 2. The van der Waals surface area contributed by atoms with Crippen LogP contribution in [0.4, 0.5) is 15.8 Å². The summed E-state index contributed by atoms with van der Waals surface area (Å²) in [6, 6.07) is 6.26. The fourth-order valence-electron chi connectivity index (χ4n) is 3.83. The van der Waals surface area contributed by atoms with Crippen molar-refractivity contribution in [2.75, 3.05) is 18.0 Å². The fourth-order valence-corrected chi connectivity index (χ4v) is 4.48. The van der Waals surface area contributed by atoms with Crippen LogP contribution in [-0.2, 0) is 27.2 Å². The summed E-state index contributed by atoms with van der Waals surface area (Å²) >= 11 is -2.98. The summed E-state index contributed by atoms with van der Waals surface area (Å²) < 4.78 is 49.2. The molecule has 0 aromatic heterocycles. The molecule has 1 heterocycles. The molecule has 8 nitrogen and oxygen atoms in total. The first-order valence-corrected chi connectivity index (χ1v) is 10.1. The van der Waals surface area contributed by atoms with Crippen molar-refractivity contribution in [3.05, 3.63) is 52.8 Å². The predicted octanol–water partition coefficient (Wildman–Crippen LogP) is 2.67. The second kappa shape index (κ2) is 7.69. The first-order valence-electron chi connectivity index (χ1n) is 9.09. The Bertz CT molecular complexity index is 1070. The van der Waals surface area contributed by atoms with E-state index < -0.39 is 35.4 Å². The van der Waals surface area contributed by atoms with E-state index in [-0.39, 0.29) is 34.2 Å². The maximum atomic E-state index is 13.8. The maximum Gasteiger partial charge on any atom is 0.341 e. The van der Waals surface area contributed by atoms with Crippen LogP contribution < -0.4 is 9.04 Å². The standard InChI is InChI=1S/C20H18FNO7S/c1-28-17(23)8-10-6-12(21)2-4-15(10)22(30(26)27)16-5-3-13-14-7-11(14)9-29-19(13)18(16)20(24)25/h2-6,11,14H,7-9H2,1H3,(H,24,25)(H,26,27)/p-1. The molecule has 3 atom stereocenters. The lowest BCUT2D eigenvalue weighted by molar-refractivity contribution is -0.139. The van der Waals surface area contributed by atoms with Crippen molar-refractivity contribution >= 4 is 34.6 Å². The molecule has 158 valence electrons. The molecule has 3 unspecified atom stereocenters. The number of halogens is 1. The van der Waals surface area contributed by atoms with Crippen molar-refractivity contribution in [2.24, 2.45) is 5.92 Å². The molecule has 30 heavy (non-hydrogen) atoms. The molecular weight excluding hydrogens is 417 g/mol. The van der Waals surface area contributed by atoms with E-state index in [0.29, 0.717) is 12.5 Å². The van der Waals surface area contributed by atoms with Gasteiger partial charge in [-0.15, -0.1) is 0 Å². The summed E-state index contributed by atoms with van der Waals surface area (Å²) in [5, 5.41) is 9.85. The number of aromatic carboxylic acids is 1. The van der Waals surface area contributed by atoms with Crippen LogP contribution in [0.15, 0.2) is 30.3 Å². The number of nitrogens with zero attached hydrogens (tertiary/aromatic N) is 1. The number of esters is 1. The lowest BCUT2D eigenvalue weighted by Crippen LogP contribution is -2.25. The molecule has 2 aromatic carbocycles. The summed E-state index contributed by atoms with van der Waals surface area (Å²) in [7, 11) is 1.15. The van der Waals surface area contributed by atoms with Crippen LogP contribution in [0.25, 0.3) is 0 Å². The van der Waals surface area contributed by atoms with E-state index in [4.69, 9.17) is 4.74 Å². The summed E-state index contributed by atoms with van der Waals surface area (Å²) in [5.74, 6) is -2.04. The first kappa shape index (κ1) is 20.3. The van der Waals surface area contributed by atoms with Gasteiger partial charge in [-0.25, -0.2) is 9.18 Å². The number of fused-ring (bicyclic) bond motifs is 3. The first-order chi connectivity index (χ1) is 14.3. The Labute approximate surface area is 173 Å². The summed E-state index contributed by atoms with van der Waals surface area (Å²) in [6.07, 6.45) is 0.495. The van der Waals surface area contributed by atoms with Crippen LogP contribution in [0.5, 0.6) is 5.75 Å². The molecule has 1 N–H and O–H groups in total. The van der Waals surface area contributed by atoms with Gasteiger partial charge in [0.05, 0.1) is 42.8 Å². The Balaban J connectivity index is 1.89. The van der Waals surface area contributed by atoms with Crippen molar-refractivity contribution < 1.29 is 37.3 Å². The smallest absolute Gasteiger partial charge is 0.341 e. The molecule has 0 saturated heterocycles. The SMILES string of the molecule is COC(=O)Cc1cc(F)ccc1N(c1ccc2c(c1C(=O)O)OCC1CC21)S(=O)[O-]. The largest absolute Gasteiger partial charge is 0.755 e. The highest BCUT2D eigenvalue weighted by Gasteiger charge is 2.45. The van der Waals surface area contributed by atoms with Crippen LogP contribution in [-0.4, -0.2) is 39.5 Å². The summed E-state index contributed by atoms with van der Waals surface area (Å²) in [5.41, 5.74) is 0.251. The summed E-state index contributed by atoms with van der Waals surface area (Å²) in [4.78, 5) is 23.8. The van der Waals surface area contributed by atoms with Crippen molar-refractivity contribution in [1.82, 2.24) is 0 Å². The number of methoxy groups -OCH3 is 1. The molecule has 4 rings (SSSR count). The molecule has 1 aliphatic heterocycles. The van der Waals surface area contributed by atoms with Crippen LogP contribution >= 0.6 is 0 Å². The zero-order valence-corrected chi connectivity index (χ0v) is 16.6. The predicted molar refractivity (Wildman–Crippen MR) is 103 cm³/mol. The minimum Gasteiger partial charge on any atom is -0.755 e. The highest BCUT2D eigenvalue weighted by atomic mass is 32.2. The van der Waals surface area contributed by atoms with E-state index in [0.717, 1.165) is 35.5 Å². The third kappa shape index (κ3) is 3.52. The van der Waals surface area contributed by atoms with E-state index >= 15 is 0 Å². The highest BCUT2D eigenvalue weighted by molar-refractivity contribution is 7.81. The van der Waals surface area contributed by atoms with Crippen molar-refractivity contribution in [3.63, 3.8) is 0 Å². The zero-order chi connectivity index (χ0) is 21.6. The average Bonchev–Trinajstić information content (AvgIpc) is 3.49. The molecule has 0 radical (unpaired) electrons. The Hall–Kier alpha value is -2.98. The van der Waals surface area contributed by atoms with Crippen molar-refractivity contribution in [3.8, 4) is 5.75 Å². The van der Waals surface area contributed by atoms with Crippen LogP contribution in [0.3, 0.4) is 0 Å². The van der Waals surface area contributed by atoms with Gasteiger partial charge in [-0.3, -0.25) is 13.3 Å². The van der Waals surface area contributed by atoms with Crippen LogP contribution in [0.2, 0.25) is 0 Å². The van der Waals surface area contributed by atoms with E-state index in [1.54, 1.807) is 6.07 Å². The number of hydrogen-bond acceptors (Lipinski definition) is 6. The van der Waals surface area contributed by atoms with Gasteiger partial charge in [0, 0.05) is 5.92 Å². The Morgan fingerprint density at radius 3 is 2.73 bits per heavy atom. The summed E-state index contributed by atoms with van der Waals surface area (Å²) in [6.45, 7) is 0.367. The number of carboxylic acids is 1. The van der Waals surface area contributed by atoms with E-state index in [2.05, 4.69) is 4.74 Å². The lowest BCUT2D eigenvalue weighted by atomic mass is 9.99. The molecule has 0 bridgehead atoms. The lowest BCUT2D eigenvalue weighted by Gasteiger charge is -2.31. The third-order valence-electron chi connectivity index (χ3n) is 5.33. The van der Waals surface area contributed by atoms with Gasteiger partial charge in [0.25, 0.3) is 0 Å². The molecular formula is C20H17FNO7S-. The van der Waals surface area contributed by atoms with E-state index in [1.807, 2.05) is 0 Å².